The van der Waals surface area contributed by atoms with E-state index in [9.17, 15) is 9.59 Å². The van der Waals surface area contributed by atoms with Gasteiger partial charge in [-0.2, -0.15) is 0 Å². The molecule has 0 saturated heterocycles. The third kappa shape index (κ3) is 3.93. The number of hydrogen-bond acceptors (Lipinski definition) is 6. The van der Waals surface area contributed by atoms with Crippen LogP contribution in [0.25, 0.3) is 16.8 Å². The summed E-state index contributed by atoms with van der Waals surface area (Å²) in [7, 11) is 0. The van der Waals surface area contributed by atoms with Crippen molar-refractivity contribution in [3.63, 3.8) is 0 Å². The number of hydrogen-bond donors (Lipinski definition) is 0. The number of benzene rings is 3. The zero-order valence-corrected chi connectivity index (χ0v) is 16.5. The van der Waals surface area contributed by atoms with Gasteiger partial charge in [0.05, 0.1) is 6.61 Å². The van der Waals surface area contributed by atoms with Crippen LogP contribution in [-0.4, -0.2) is 24.4 Å². The summed E-state index contributed by atoms with van der Waals surface area (Å²) < 4.78 is 16.1. The summed E-state index contributed by atoms with van der Waals surface area (Å²) in [5.74, 6) is 0.0300. The van der Waals surface area contributed by atoms with Gasteiger partial charge in [-0.25, -0.2) is 9.79 Å². The number of ether oxygens (including phenoxy) is 3. The summed E-state index contributed by atoms with van der Waals surface area (Å²) in [5.41, 5.74) is 1.61. The Kier molecular flexibility index (Phi) is 5.30. The van der Waals surface area contributed by atoms with Gasteiger partial charge in [-0.05, 0) is 47.5 Å². The molecule has 150 valence electrons. The van der Waals surface area contributed by atoms with E-state index in [-0.39, 0.29) is 11.6 Å². The lowest BCUT2D eigenvalue weighted by molar-refractivity contribution is -0.132. The largest absolute Gasteiger partial charge is 0.490 e. The molecule has 6 nitrogen and oxygen atoms in total. The van der Waals surface area contributed by atoms with Crippen molar-refractivity contribution >= 4 is 34.7 Å². The summed E-state index contributed by atoms with van der Waals surface area (Å²) in [6.45, 7) is 3.56. The number of carbonyl (C=O) groups is 2. The van der Waals surface area contributed by atoms with Crippen LogP contribution < -0.4 is 9.47 Å². The number of cyclic esters (lactones) is 1. The average molecular weight is 401 g/mol. The normalized spacial score (nSPS) is 14.5. The number of aliphatic imine (C=N–C) groups is 1. The smallest absolute Gasteiger partial charge is 0.363 e. The van der Waals surface area contributed by atoms with Gasteiger partial charge in [0.2, 0.25) is 5.90 Å². The fraction of sp³-hybridized carbons (Fsp3) is 0.125. The molecule has 3 aromatic rings. The lowest BCUT2D eigenvalue weighted by Crippen LogP contribution is -2.06. The molecule has 0 fully saturated rings. The fourth-order valence-electron chi connectivity index (χ4n) is 3.22. The van der Waals surface area contributed by atoms with Crippen LogP contribution in [0.4, 0.5) is 0 Å². The van der Waals surface area contributed by atoms with Crippen LogP contribution in [0, 0.1) is 0 Å². The maximum Gasteiger partial charge on any atom is 0.363 e. The molecule has 1 aliphatic heterocycles. The first-order chi connectivity index (χ1) is 14.5. The highest BCUT2D eigenvalue weighted by Gasteiger charge is 2.25. The van der Waals surface area contributed by atoms with E-state index in [1.54, 1.807) is 24.3 Å². The second-order valence-electron chi connectivity index (χ2n) is 6.60. The molecule has 0 spiro atoms. The molecule has 6 heteroatoms. The molecule has 4 rings (SSSR count). The number of rotatable bonds is 5. The summed E-state index contributed by atoms with van der Waals surface area (Å²) in [4.78, 5) is 28.1. The van der Waals surface area contributed by atoms with Crippen LogP contribution in [0.15, 0.2) is 71.4 Å². The van der Waals surface area contributed by atoms with E-state index in [4.69, 9.17) is 14.2 Å². The van der Waals surface area contributed by atoms with Gasteiger partial charge in [0.1, 0.15) is 0 Å². The van der Waals surface area contributed by atoms with Crippen LogP contribution >= 0.6 is 0 Å². The topological polar surface area (TPSA) is 74.2 Å². The number of esters is 2. The number of nitrogens with zero attached hydrogens (tertiary/aromatic N) is 1. The minimum Gasteiger partial charge on any atom is -0.490 e. The van der Waals surface area contributed by atoms with Gasteiger partial charge in [0.15, 0.2) is 17.2 Å². The molecule has 0 amide bonds. The van der Waals surface area contributed by atoms with Gasteiger partial charge in [0, 0.05) is 12.5 Å². The first-order valence-corrected chi connectivity index (χ1v) is 9.51. The molecule has 3 aromatic carbocycles. The molecule has 0 saturated carbocycles. The van der Waals surface area contributed by atoms with Crippen LogP contribution in [0.5, 0.6) is 11.5 Å². The molecule has 0 radical (unpaired) electrons. The molecule has 0 atom stereocenters. The van der Waals surface area contributed by atoms with Crippen molar-refractivity contribution in [1.82, 2.24) is 0 Å². The highest BCUT2D eigenvalue weighted by Crippen LogP contribution is 2.31. The minimum absolute atomic E-state index is 0.181. The minimum atomic E-state index is -0.528. The molecular formula is C24H19NO5. The van der Waals surface area contributed by atoms with E-state index in [0.717, 1.165) is 16.3 Å². The zero-order valence-electron chi connectivity index (χ0n) is 16.5. The molecule has 0 aliphatic carbocycles. The van der Waals surface area contributed by atoms with Crippen LogP contribution in [-0.2, 0) is 14.3 Å². The van der Waals surface area contributed by atoms with Crippen LogP contribution in [0.1, 0.15) is 25.0 Å². The Bertz CT molecular complexity index is 1200. The molecule has 1 aliphatic rings. The summed E-state index contributed by atoms with van der Waals surface area (Å²) in [6.07, 6.45) is 1.61. The molecule has 30 heavy (non-hydrogen) atoms. The van der Waals surface area contributed by atoms with Crippen LogP contribution in [0.2, 0.25) is 0 Å². The van der Waals surface area contributed by atoms with E-state index in [1.807, 2.05) is 49.4 Å². The fourth-order valence-corrected chi connectivity index (χ4v) is 3.22. The van der Waals surface area contributed by atoms with Gasteiger partial charge in [0.25, 0.3) is 0 Å². The second-order valence-corrected chi connectivity index (χ2v) is 6.60. The maximum atomic E-state index is 12.4. The van der Waals surface area contributed by atoms with Crippen molar-refractivity contribution in [2.45, 2.75) is 13.8 Å². The number of fused-ring (bicyclic) bond motifs is 1. The molecule has 0 unspecified atom stereocenters. The summed E-state index contributed by atoms with van der Waals surface area (Å²) >= 11 is 0. The maximum absolute atomic E-state index is 12.4. The van der Waals surface area contributed by atoms with E-state index < -0.39 is 11.9 Å². The molecule has 0 aromatic heterocycles. The van der Waals surface area contributed by atoms with E-state index in [2.05, 4.69) is 4.99 Å². The predicted octanol–water partition coefficient (Wildman–Crippen LogP) is 4.51. The van der Waals surface area contributed by atoms with Crippen molar-refractivity contribution in [2.24, 2.45) is 4.99 Å². The van der Waals surface area contributed by atoms with Crippen LogP contribution in [0.3, 0.4) is 0 Å². The molecule has 0 N–H and O–H groups in total. The first-order valence-electron chi connectivity index (χ1n) is 9.51. The van der Waals surface area contributed by atoms with Crippen molar-refractivity contribution in [3.8, 4) is 11.5 Å². The second kappa shape index (κ2) is 8.21. The zero-order chi connectivity index (χ0) is 21.1. The van der Waals surface area contributed by atoms with Gasteiger partial charge in [-0.3, -0.25) is 4.79 Å². The molecule has 1 heterocycles. The molecular weight excluding hydrogens is 382 g/mol. The SMILES string of the molecule is CCOc1cc(/C=C2\N=C(c3cccc4ccccc34)OC2=O)ccc1OC(C)=O. The van der Waals surface area contributed by atoms with Gasteiger partial charge < -0.3 is 14.2 Å². The Morgan fingerprint density at radius 2 is 1.87 bits per heavy atom. The standard InChI is InChI=1S/C24H19NO5/c1-3-28-22-14-16(11-12-21(22)29-15(2)26)13-20-24(27)30-23(25-20)19-10-6-8-17-7-4-5-9-18(17)19/h4-14H,3H2,1-2H3/b20-13-. The first kappa shape index (κ1) is 19.4. The van der Waals surface area contributed by atoms with E-state index in [1.165, 1.54) is 6.92 Å². The summed E-state index contributed by atoms with van der Waals surface area (Å²) in [5, 5.41) is 1.99. The Hall–Kier alpha value is -3.93. The van der Waals surface area contributed by atoms with Crippen molar-refractivity contribution in [2.75, 3.05) is 6.61 Å². The Balaban J connectivity index is 1.70. The summed E-state index contributed by atoms with van der Waals surface area (Å²) in [6, 6.07) is 18.6. The number of carbonyl (C=O) groups excluding carboxylic acids is 2. The average Bonchev–Trinajstić information content (AvgIpc) is 3.09. The van der Waals surface area contributed by atoms with Gasteiger partial charge >= 0.3 is 11.9 Å². The van der Waals surface area contributed by atoms with Gasteiger partial charge in [-0.1, -0.05) is 42.5 Å². The van der Waals surface area contributed by atoms with E-state index >= 15 is 0 Å². The molecule has 0 bridgehead atoms. The predicted molar refractivity (Wildman–Crippen MR) is 113 cm³/mol. The van der Waals surface area contributed by atoms with Gasteiger partial charge in [-0.15, -0.1) is 0 Å². The monoisotopic (exact) mass is 401 g/mol. The lowest BCUT2D eigenvalue weighted by atomic mass is 10.0. The Morgan fingerprint density at radius 1 is 1.07 bits per heavy atom. The Labute approximate surface area is 173 Å². The quantitative estimate of drug-likeness (QED) is 0.357. The van der Waals surface area contributed by atoms with E-state index in [0.29, 0.717) is 23.7 Å². The third-order valence-corrected chi connectivity index (χ3v) is 4.47. The highest BCUT2D eigenvalue weighted by molar-refractivity contribution is 6.17. The van der Waals surface area contributed by atoms with Crippen molar-refractivity contribution in [3.05, 3.63) is 77.5 Å². The Morgan fingerprint density at radius 3 is 2.67 bits per heavy atom. The van der Waals surface area contributed by atoms with Crippen molar-refractivity contribution < 1.29 is 23.8 Å². The van der Waals surface area contributed by atoms with Crippen molar-refractivity contribution in [1.29, 1.82) is 0 Å². The third-order valence-electron chi connectivity index (χ3n) is 4.47. The highest BCUT2D eigenvalue weighted by atomic mass is 16.6. The lowest BCUT2D eigenvalue weighted by Gasteiger charge is -2.10.